The molecule has 0 saturated carbocycles. The van der Waals surface area contributed by atoms with E-state index in [1.54, 1.807) is 25.3 Å². The maximum absolute atomic E-state index is 14.7. The van der Waals surface area contributed by atoms with Crippen molar-refractivity contribution in [3.63, 3.8) is 0 Å². The van der Waals surface area contributed by atoms with Crippen LogP contribution in [0.3, 0.4) is 0 Å². The predicted octanol–water partition coefficient (Wildman–Crippen LogP) is 3.63. The highest BCUT2D eigenvalue weighted by Crippen LogP contribution is 2.35. The number of H-pyrrole nitrogens is 1. The Kier molecular flexibility index (Phi) is 3.70. The molecule has 0 aliphatic heterocycles. The summed E-state index contributed by atoms with van der Waals surface area (Å²) in [5, 5.41) is 22.6. The third kappa shape index (κ3) is 2.53. The number of amides is 1. The van der Waals surface area contributed by atoms with Crippen LogP contribution >= 0.6 is 0 Å². The molecule has 4 aromatic rings. The summed E-state index contributed by atoms with van der Waals surface area (Å²) in [6, 6.07) is 6.79. The number of nitrogens with one attached hydrogen (secondary N) is 2. The fourth-order valence-corrected chi connectivity index (χ4v) is 3.09. The molecule has 3 heterocycles. The van der Waals surface area contributed by atoms with Crippen LogP contribution in [0.5, 0.6) is 0 Å². The van der Waals surface area contributed by atoms with Gasteiger partial charge < -0.3 is 0 Å². The van der Waals surface area contributed by atoms with Crippen molar-refractivity contribution in [3.05, 3.63) is 47.5 Å². The van der Waals surface area contributed by atoms with Gasteiger partial charge in [0.05, 0.1) is 17.2 Å². The molecule has 4 rings (SSSR count). The number of aromatic amines is 1. The van der Waals surface area contributed by atoms with E-state index in [4.69, 9.17) is 0 Å². The molecule has 3 aromatic heterocycles. The minimum Gasteiger partial charge on any atom is -0.276 e. The minimum absolute atomic E-state index is 0.0889. The van der Waals surface area contributed by atoms with E-state index in [0.29, 0.717) is 33.1 Å². The number of hydrogen-bond donors (Lipinski definition) is 2. The molecule has 0 spiro atoms. The summed E-state index contributed by atoms with van der Waals surface area (Å²) in [5.74, 6) is -0.531. The van der Waals surface area contributed by atoms with Crippen LogP contribution in [0.4, 0.5) is 19.5 Å². The molecule has 134 valence electrons. The van der Waals surface area contributed by atoms with E-state index < -0.39 is 11.9 Å². The number of benzene rings is 1. The number of nitriles is 1. The van der Waals surface area contributed by atoms with Crippen LogP contribution in [0.25, 0.3) is 27.5 Å². The third-order valence-electron chi connectivity index (χ3n) is 4.25. The number of carbonyl (C=O) groups is 1. The highest BCUT2D eigenvalue weighted by atomic mass is 19.3. The first-order valence-corrected chi connectivity index (χ1v) is 7.68. The Hall–Kier alpha value is -4.00. The summed E-state index contributed by atoms with van der Waals surface area (Å²) in [4.78, 5) is 14.0. The van der Waals surface area contributed by atoms with Gasteiger partial charge in [0.1, 0.15) is 17.4 Å². The van der Waals surface area contributed by atoms with Crippen LogP contribution in [-0.2, 0) is 4.94 Å². The molecule has 0 bridgehead atoms. The van der Waals surface area contributed by atoms with E-state index in [1.165, 1.54) is 16.8 Å². The van der Waals surface area contributed by atoms with Gasteiger partial charge in [0.2, 0.25) is 0 Å². The second kappa shape index (κ2) is 6.06. The van der Waals surface area contributed by atoms with Gasteiger partial charge in [-0.1, -0.05) is 0 Å². The molecule has 2 N–H and O–H groups in total. The monoisotopic (exact) mass is 368 g/mol. The van der Waals surface area contributed by atoms with Crippen molar-refractivity contribution in [1.82, 2.24) is 19.8 Å². The highest BCUT2D eigenvalue weighted by Gasteiger charge is 2.20. The maximum Gasteiger partial charge on any atom is 0.450 e. The highest BCUT2D eigenvalue weighted by molar-refractivity contribution is 5.99. The van der Waals surface area contributed by atoms with Crippen molar-refractivity contribution in [2.75, 3.05) is 5.32 Å². The molecule has 0 aliphatic rings. The number of hydrogen-bond acceptors (Lipinski definition) is 5. The number of pyridine rings is 1. The summed E-state index contributed by atoms with van der Waals surface area (Å²) < 4.78 is 28.0. The molecular formula is C17H10F2N6O2. The first-order valence-electron chi connectivity index (χ1n) is 7.68. The van der Waals surface area contributed by atoms with Gasteiger partial charge >= 0.3 is 6.09 Å². The molecule has 0 unspecified atom stereocenters. The van der Waals surface area contributed by atoms with Crippen LogP contribution in [-0.4, -0.2) is 25.9 Å². The normalized spacial score (nSPS) is 10.9. The average molecular weight is 368 g/mol. The van der Waals surface area contributed by atoms with Crippen LogP contribution in [0.1, 0.15) is 11.1 Å². The molecule has 10 heteroatoms. The summed E-state index contributed by atoms with van der Waals surface area (Å²) in [6.07, 6.45) is 1.85. The molecule has 0 radical (unpaired) electrons. The minimum atomic E-state index is -1.29. The van der Waals surface area contributed by atoms with E-state index in [1.807, 2.05) is 6.07 Å². The van der Waals surface area contributed by atoms with E-state index in [2.05, 4.69) is 25.6 Å². The Bertz CT molecular complexity index is 1250. The van der Waals surface area contributed by atoms with Gasteiger partial charge in [-0.15, -0.1) is 5.10 Å². The quantitative estimate of drug-likeness (QED) is 0.562. The molecule has 27 heavy (non-hydrogen) atoms. The Balaban J connectivity index is 1.90. The van der Waals surface area contributed by atoms with Crippen LogP contribution < -0.4 is 5.32 Å². The van der Waals surface area contributed by atoms with E-state index in [0.717, 1.165) is 0 Å². The molecule has 1 aromatic carbocycles. The maximum atomic E-state index is 14.7. The first-order chi connectivity index (χ1) is 13.0. The topological polar surface area (TPSA) is 108 Å². The molecule has 0 atom stereocenters. The van der Waals surface area contributed by atoms with Crippen molar-refractivity contribution >= 4 is 28.3 Å². The van der Waals surface area contributed by atoms with Gasteiger partial charge in [-0.05, 0) is 35.7 Å². The molecule has 1 amide bonds. The van der Waals surface area contributed by atoms with E-state index in [9.17, 15) is 19.0 Å². The van der Waals surface area contributed by atoms with Gasteiger partial charge in [0, 0.05) is 22.2 Å². The van der Waals surface area contributed by atoms with Crippen LogP contribution in [0.2, 0.25) is 0 Å². The summed E-state index contributed by atoms with van der Waals surface area (Å²) in [7, 11) is 0. The Morgan fingerprint density at radius 3 is 3.00 bits per heavy atom. The smallest absolute Gasteiger partial charge is 0.276 e. The van der Waals surface area contributed by atoms with Crippen molar-refractivity contribution in [2.45, 2.75) is 6.92 Å². The van der Waals surface area contributed by atoms with Crippen LogP contribution in [0.15, 0.2) is 30.6 Å². The molecular weight excluding hydrogens is 358 g/mol. The average Bonchev–Trinajstić information content (AvgIpc) is 3.28. The van der Waals surface area contributed by atoms with Gasteiger partial charge in [-0.3, -0.25) is 10.4 Å². The number of anilines is 1. The lowest BCUT2D eigenvalue weighted by Gasteiger charge is -2.11. The number of halogens is 2. The second-order valence-corrected chi connectivity index (χ2v) is 5.76. The summed E-state index contributed by atoms with van der Waals surface area (Å²) in [5.41, 5.74) is 2.35. The van der Waals surface area contributed by atoms with Crippen molar-refractivity contribution in [3.8, 4) is 17.2 Å². The summed E-state index contributed by atoms with van der Waals surface area (Å²) >= 11 is 0. The summed E-state index contributed by atoms with van der Waals surface area (Å²) in [6.45, 7) is 1.59. The van der Waals surface area contributed by atoms with Gasteiger partial charge in [-0.25, -0.2) is 18.6 Å². The predicted molar refractivity (Wildman–Crippen MR) is 90.9 cm³/mol. The SMILES string of the molecule is Cc1c(F)c(C#N)c2[nH]ncc2c1-c1ccn2nc(NC(=O)OF)cc2c1. The molecule has 0 saturated heterocycles. The Labute approximate surface area is 149 Å². The lowest BCUT2D eigenvalue weighted by atomic mass is 9.94. The van der Waals surface area contributed by atoms with Gasteiger partial charge in [-0.2, -0.15) is 10.4 Å². The fourth-order valence-electron chi connectivity index (χ4n) is 3.09. The first kappa shape index (κ1) is 16.5. The zero-order chi connectivity index (χ0) is 19.1. The second-order valence-electron chi connectivity index (χ2n) is 5.76. The number of rotatable bonds is 2. The number of carbonyl (C=O) groups excluding carboxylic acids is 1. The molecule has 0 aliphatic carbocycles. The largest absolute Gasteiger partial charge is 0.450 e. The lowest BCUT2D eigenvalue weighted by Crippen LogP contribution is -2.09. The Morgan fingerprint density at radius 1 is 1.44 bits per heavy atom. The zero-order valence-electron chi connectivity index (χ0n) is 13.7. The number of aromatic nitrogens is 4. The lowest BCUT2D eigenvalue weighted by molar-refractivity contribution is -0.0544. The van der Waals surface area contributed by atoms with Crippen molar-refractivity contribution in [2.24, 2.45) is 0 Å². The van der Waals surface area contributed by atoms with E-state index in [-0.39, 0.29) is 11.4 Å². The van der Waals surface area contributed by atoms with Crippen molar-refractivity contribution in [1.29, 1.82) is 5.26 Å². The fraction of sp³-hybridized carbons (Fsp3) is 0.0588. The standard InChI is InChI=1S/C17H10F2N6O2/c1-8-14(12-7-21-23-16(12)11(6-20)15(8)18)9-2-3-25-10(4-9)5-13(24-25)22-17(26)27-19/h2-5,7H,1H3,(H,21,23)(H,22,24,26). The van der Waals surface area contributed by atoms with Crippen LogP contribution in [0, 0.1) is 24.1 Å². The number of nitrogens with zero attached hydrogens (tertiary/aromatic N) is 4. The van der Waals surface area contributed by atoms with Crippen molar-refractivity contribution < 1.29 is 18.7 Å². The number of fused-ring (bicyclic) bond motifs is 2. The zero-order valence-corrected chi connectivity index (χ0v) is 13.7. The molecule has 0 fully saturated rings. The van der Waals surface area contributed by atoms with Gasteiger partial charge in [0.25, 0.3) is 0 Å². The Morgan fingerprint density at radius 2 is 2.26 bits per heavy atom. The van der Waals surface area contributed by atoms with E-state index >= 15 is 0 Å². The third-order valence-corrected chi connectivity index (χ3v) is 4.25. The molecule has 8 nitrogen and oxygen atoms in total. The van der Waals surface area contributed by atoms with Gasteiger partial charge in [0.15, 0.2) is 5.82 Å².